The van der Waals surface area contributed by atoms with Crippen LogP contribution in [-0.2, 0) is 17.8 Å². The average Bonchev–Trinajstić information content (AvgIpc) is 3.06. The first-order chi connectivity index (χ1) is 13.0. The molecule has 0 spiro atoms. The minimum absolute atomic E-state index is 0.00356. The zero-order valence-corrected chi connectivity index (χ0v) is 14.6. The van der Waals surface area contributed by atoms with Crippen molar-refractivity contribution in [2.45, 2.75) is 26.8 Å². The highest BCUT2D eigenvalue weighted by molar-refractivity contribution is 5.78. The summed E-state index contributed by atoms with van der Waals surface area (Å²) in [5, 5.41) is 9.95. The standard InChI is InChI=1S/C18H16F2N4O3/c1-10-5-6-14(17(20)16(10)19)26-18-12(4-3-7-21-18)9-22-15(25)8-13-11(2)23-27-24-13/h3-7H,8-9H2,1-2H3,(H,22,25). The molecule has 9 heteroatoms. The van der Waals surface area contributed by atoms with Crippen LogP contribution in [-0.4, -0.2) is 21.2 Å². The summed E-state index contributed by atoms with van der Waals surface area (Å²) in [6, 6.07) is 6.04. The van der Waals surface area contributed by atoms with Crippen molar-refractivity contribution in [3.05, 3.63) is 64.6 Å². The van der Waals surface area contributed by atoms with Crippen LogP contribution in [0.3, 0.4) is 0 Å². The van der Waals surface area contributed by atoms with Crippen molar-refractivity contribution < 1.29 is 22.9 Å². The predicted molar refractivity (Wildman–Crippen MR) is 90.0 cm³/mol. The number of hydrogen-bond donors (Lipinski definition) is 1. The van der Waals surface area contributed by atoms with Crippen LogP contribution in [0.4, 0.5) is 8.78 Å². The summed E-state index contributed by atoms with van der Waals surface area (Å²) in [5.74, 6) is -2.59. The van der Waals surface area contributed by atoms with E-state index in [0.29, 0.717) is 17.0 Å². The van der Waals surface area contributed by atoms with E-state index in [2.05, 4.69) is 25.2 Å². The molecule has 140 valence electrons. The van der Waals surface area contributed by atoms with Crippen LogP contribution in [0.2, 0.25) is 0 Å². The molecule has 0 fully saturated rings. The van der Waals surface area contributed by atoms with E-state index in [9.17, 15) is 13.6 Å². The zero-order valence-electron chi connectivity index (χ0n) is 14.6. The summed E-state index contributed by atoms with van der Waals surface area (Å²) in [6.45, 7) is 3.22. The van der Waals surface area contributed by atoms with Gasteiger partial charge < -0.3 is 10.1 Å². The smallest absolute Gasteiger partial charge is 0.226 e. The molecular formula is C18H16F2N4O3. The van der Waals surface area contributed by atoms with Crippen LogP contribution in [0.15, 0.2) is 35.1 Å². The van der Waals surface area contributed by atoms with Gasteiger partial charge in [-0.15, -0.1) is 0 Å². The average molecular weight is 374 g/mol. The normalized spacial score (nSPS) is 10.7. The minimum atomic E-state index is -1.09. The number of aryl methyl sites for hydroxylation is 2. The Balaban J connectivity index is 1.70. The third-order valence-corrected chi connectivity index (χ3v) is 3.85. The molecule has 1 N–H and O–H groups in total. The molecule has 3 rings (SSSR count). The van der Waals surface area contributed by atoms with E-state index in [1.165, 1.54) is 25.3 Å². The molecule has 0 radical (unpaired) electrons. The lowest BCUT2D eigenvalue weighted by Crippen LogP contribution is -2.25. The van der Waals surface area contributed by atoms with Crippen LogP contribution in [0.5, 0.6) is 11.6 Å². The van der Waals surface area contributed by atoms with Crippen LogP contribution in [0.25, 0.3) is 0 Å². The van der Waals surface area contributed by atoms with Gasteiger partial charge in [0.05, 0.1) is 6.42 Å². The van der Waals surface area contributed by atoms with Gasteiger partial charge in [0.15, 0.2) is 11.6 Å². The highest BCUT2D eigenvalue weighted by Gasteiger charge is 2.16. The number of carbonyl (C=O) groups excluding carboxylic acids is 1. The van der Waals surface area contributed by atoms with E-state index in [1.54, 1.807) is 19.1 Å². The number of ether oxygens (including phenoxy) is 1. The molecule has 3 aromatic rings. The van der Waals surface area contributed by atoms with E-state index in [1.807, 2.05) is 0 Å². The Morgan fingerprint density at radius 1 is 1.19 bits per heavy atom. The van der Waals surface area contributed by atoms with E-state index in [0.717, 1.165) is 0 Å². The number of hydrogen-bond acceptors (Lipinski definition) is 6. The Morgan fingerprint density at radius 2 is 2.00 bits per heavy atom. The molecule has 2 aromatic heterocycles. The molecule has 0 saturated carbocycles. The van der Waals surface area contributed by atoms with Gasteiger partial charge in [0, 0.05) is 18.3 Å². The molecule has 0 aliphatic heterocycles. The first-order valence-corrected chi connectivity index (χ1v) is 8.06. The third kappa shape index (κ3) is 4.25. The molecule has 0 aliphatic rings. The van der Waals surface area contributed by atoms with Crippen LogP contribution >= 0.6 is 0 Å². The number of benzene rings is 1. The Kier molecular flexibility index (Phi) is 5.39. The Labute approximate surface area is 153 Å². The molecule has 0 saturated heterocycles. The fourth-order valence-electron chi connectivity index (χ4n) is 2.28. The Morgan fingerprint density at radius 3 is 2.74 bits per heavy atom. The first kappa shape index (κ1) is 18.4. The molecule has 7 nitrogen and oxygen atoms in total. The Hall–Kier alpha value is -3.36. The van der Waals surface area contributed by atoms with Gasteiger partial charge in [-0.05, 0) is 31.5 Å². The maximum atomic E-state index is 14.0. The zero-order chi connectivity index (χ0) is 19.4. The summed E-state index contributed by atoms with van der Waals surface area (Å²) in [6.07, 6.45) is 1.46. The molecule has 1 aromatic carbocycles. The SMILES string of the molecule is Cc1ccc(Oc2ncccc2CNC(=O)Cc2nonc2C)c(F)c1F. The van der Waals surface area contributed by atoms with Gasteiger partial charge in [-0.2, -0.15) is 4.39 Å². The lowest BCUT2D eigenvalue weighted by Gasteiger charge is -2.12. The van der Waals surface area contributed by atoms with E-state index < -0.39 is 11.6 Å². The van der Waals surface area contributed by atoms with Gasteiger partial charge in [-0.3, -0.25) is 4.79 Å². The van der Waals surface area contributed by atoms with Crippen molar-refractivity contribution in [3.63, 3.8) is 0 Å². The van der Waals surface area contributed by atoms with Crippen molar-refractivity contribution >= 4 is 5.91 Å². The van der Waals surface area contributed by atoms with Crippen LogP contribution in [0, 0.1) is 25.5 Å². The molecule has 0 atom stereocenters. The molecule has 2 heterocycles. The van der Waals surface area contributed by atoms with Crippen molar-refractivity contribution in [3.8, 4) is 11.6 Å². The summed E-state index contributed by atoms with van der Waals surface area (Å²) >= 11 is 0. The highest BCUT2D eigenvalue weighted by atomic mass is 19.2. The summed E-state index contributed by atoms with van der Waals surface area (Å²) in [5.41, 5.74) is 1.65. The molecular weight excluding hydrogens is 358 g/mol. The van der Waals surface area contributed by atoms with Crippen molar-refractivity contribution in [1.29, 1.82) is 0 Å². The number of halogens is 2. The monoisotopic (exact) mass is 374 g/mol. The van der Waals surface area contributed by atoms with Gasteiger partial charge in [0.1, 0.15) is 11.4 Å². The quantitative estimate of drug-likeness (QED) is 0.713. The topological polar surface area (TPSA) is 90.1 Å². The maximum Gasteiger partial charge on any atom is 0.226 e. The van der Waals surface area contributed by atoms with Crippen molar-refractivity contribution in [1.82, 2.24) is 20.6 Å². The number of carbonyl (C=O) groups is 1. The molecule has 0 unspecified atom stereocenters. The number of nitrogens with zero attached hydrogens (tertiary/aromatic N) is 3. The lowest BCUT2D eigenvalue weighted by atomic mass is 10.2. The third-order valence-electron chi connectivity index (χ3n) is 3.85. The second-order valence-electron chi connectivity index (χ2n) is 5.83. The second kappa shape index (κ2) is 7.90. The van der Waals surface area contributed by atoms with Crippen molar-refractivity contribution in [2.24, 2.45) is 0 Å². The van der Waals surface area contributed by atoms with Crippen LogP contribution < -0.4 is 10.1 Å². The fraction of sp³-hybridized carbons (Fsp3) is 0.222. The van der Waals surface area contributed by atoms with E-state index >= 15 is 0 Å². The molecule has 27 heavy (non-hydrogen) atoms. The largest absolute Gasteiger partial charge is 0.435 e. The summed E-state index contributed by atoms with van der Waals surface area (Å²) < 4.78 is 37.7. The Bertz CT molecular complexity index is 975. The van der Waals surface area contributed by atoms with E-state index in [4.69, 9.17) is 4.74 Å². The predicted octanol–water partition coefficient (Wildman–Crippen LogP) is 3.01. The van der Waals surface area contributed by atoms with E-state index in [-0.39, 0.29) is 36.1 Å². The van der Waals surface area contributed by atoms with Crippen molar-refractivity contribution in [2.75, 3.05) is 0 Å². The number of amides is 1. The van der Waals surface area contributed by atoms with Gasteiger partial charge in [0.25, 0.3) is 0 Å². The van der Waals surface area contributed by atoms with Gasteiger partial charge in [0.2, 0.25) is 17.6 Å². The fourth-order valence-corrected chi connectivity index (χ4v) is 2.28. The van der Waals surface area contributed by atoms with Gasteiger partial charge >= 0.3 is 0 Å². The van der Waals surface area contributed by atoms with Gasteiger partial charge in [-0.25, -0.2) is 14.0 Å². The summed E-state index contributed by atoms with van der Waals surface area (Å²) in [4.78, 5) is 16.1. The number of pyridine rings is 1. The number of rotatable bonds is 6. The second-order valence-corrected chi connectivity index (χ2v) is 5.83. The summed E-state index contributed by atoms with van der Waals surface area (Å²) in [7, 11) is 0. The maximum absolute atomic E-state index is 14.0. The van der Waals surface area contributed by atoms with Gasteiger partial charge in [-0.1, -0.05) is 22.4 Å². The lowest BCUT2D eigenvalue weighted by molar-refractivity contribution is -0.120. The number of aromatic nitrogens is 3. The highest BCUT2D eigenvalue weighted by Crippen LogP contribution is 2.28. The minimum Gasteiger partial charge on any atom is -0.435 e. The molecule has 0 aliphatic carbocycles. The first-order valence-electron chi connectivity index (χ1n) is 8.06. The molecule has 1 amide bonds. The number of nitrogens with one attached hydrogen (secondary N) is 1. The van der Waals surface area contributed by atoms with Crippen LogP contribution in [0.1, 0.15) is 22.5 Å². The molecule has 0 bridgehead atoms.